The van der Waals surface area contributed by atoms with E-state index in [4.69, 9.17) is 4.42 Å². The van der Waals surface area contributed by atoms with Gasteiger partial charge in [0.1, 0.15) is 10.6 Å². The molecule has 0 saturated heterocycles. The van der Waals surface area contributed by atoms with Gasteiger partial charge in [0, 0.05) is 28.9 Å². The Bertz CT molecular complexity index is 1170. The lowest BCUT2D eigenvalue weighted by molar-refractivity contribution is 0.0923. The number of carbonyl (C=O) groups is 2. The molecule has 6 nitrogen and oxygen atoms in total. The quantitative estimate of drug-likeness (QED) is 0.506. The van der Waals surface area contributed by atoms with Gasteiger partial charge in [-0.05, 0) is 61.4 Å². The number of nitrogens with zero attached hydrogens (tertiary/aromatic N) is 1. The summed E-state index contributed by atoms with van der Waals surface area (Å²) in [5, 5.41) is 6.76. The van der Waals surface area contributed by atoms with Crippen LogP contribution in [0.2, 0.25) is 0 Å². The van der Waals surface area contributed by atoms with E-state index in [2.05, 4.69) is 15.6 Å². The van der Waals surface area contributed by atoms with E-state index >= 15 is 0 Å². The van der Waals surface area contributed by atoms with Gasteiger partial charge < -0.3 is 15.1 Å². The van der Waals surface area contributed by atoms with E-state index in [1.165, 1.54) is 11.3 Å². The summed E-state index contributed by atoms with van der Waals surface area (Å²) in [6, 6.07) is 16.7. The number of pyridine rings is 1. The number of aromatic nitrogens is 1. The molecular formula is C22H17N3O3S. The minimum Gasteiger partial charge on any atom is -0.451 e. The topological polar surface area (TPSA) is 84.2 Å². The first-order chi connectivity index (χ1) is 14.2. The van der Waals surface area contributed by atoms with Crippen LogP contribution in [0.25, 0.3) is 21.5 Å². The summed E-state index contributed by atoms with van der Waals surface area (Å²) in [6.45, 7) is 0. The van der Waals surface area contributed by atoms with Crippen molar-refractivity contribution in [3.05, 3.63) is 71.4 Å². The molecule has 1 saturated carbocycles. The number of carbonyl (C=O) groups excluding carboxylic acids is 2. The van der Waals surface area contributed by atoms with E-state index in [9.17, 15) is 9.59 Å². The van der Waals surface area contributed by atoms with E-state index < -0.39 is 0 Å². The second-order valence-corrected chi connectivity index (χ2v) is 7.98. The first-order valence-electron chi connectivity index (χ1n) is 9.33. The van der Waals surface area contributed by atoms with Crippen molar-refractivity contribution in [3.63, 3.8) is 0 Å². The molecule has 5 rings (SSSR count). The van der Waals surface area contributed by atoms with Crippen LogP contribution in [0.1, 0.15) is 33.1 Å². The number of hydrogen-bond acceptors (Lipinski definition) is 5. The summed E-state index contributed by atoms with van der Waals surface area (Å²) in [6.07, 6.45) is 3.78. The molecule has 0 bridgehead atoms. The van der Waals surface area contributed by atoms with Gasteiger partial charge in [-0.1, -0.05) is 6.07 Å². The van der Waals surface area contributed by atoms with Crippen molar-refractivity contribution in [1.82, 2.24) is 10.3 Å². The fourth-order valence-corrected chi connectivity index (χ4v) is 3.89. The normalized spacial score (nSPS) is 13.4. The summed E-state index contributed by atoms with van der Waals surface area (Å²) in [5.41, 5.74) is 1.52. The van der Waals surface area contributed by atoms with E-state index in [0.717, 1.165) is 28.6 Å². The highest BCUT2D eigenvalue weighted by Gasteiger charge is 2.25. The lowest BCUT2D eigenvalue weighted by Gasteiger charge is -2.04. The van der Waals surface area contributed by atoms with Crippen LogP contribution in [0, 0.1) is 0 Å². The van der Waals surface area contributed by atoms with Gasteiger partial charge in [0.25, 0.3) is 11.8 Å². The number of anilines is 1. The van der Waals surface area contributed by atoms with Crippen LogP contribution in [0.5, 0.6) is 0 Å². The molecule has 2 N–H and O–H groups in total. The minimum atomic E-state index is -0.180. The van der Waals surface area contributed by atoms with Gasteiger partial charge in [-0.15, -0.1) is 11.3 Å². The predicted molar refractivity (Wildman–Crippen MR) is 112 cm³/mol. The van der Waals surface area contributed by atoms with E-state index in [0.29, 0.717) is 22.1 Å². The van der Waals surface area contributed by atoms with Crippen LogP contribution < -0.4 is 10.6 Å². The minimum absolute atomic E-state index is 0.169. The summed E-state index contributed by atoms with van der Waals surface area (Å²) >= 11 is 1.36. The summed E-state index contributed by atoms with van der Waals surface area (Å²) in [5.74, 6) is 0.570. The molecule has 0 radical (unpaired) electrons. The number of nitrogens with one attached hydrogen (secondary N) is 2. The largest absolute Gasteiger partial charge is 0.451 e. The molecule has 1 aliphatic carbocycles. The second kappa shape index (κ2) is 7.18. The maximum atomic E-state index is 12.5. The maximum Gasteiger partial charge on any atom is 0.287 e. The molecule has 1 aliphatic rings. The molecule has 29 heavy (non-hydrogen) atoms. The van der Waals surface area contributed by atoms with Gasteiger partial charge in [-0.2, -0.15) is 0 Å². The lowest BCUT2D eigenvalue weighted by atomic mass is 10.1. The Morgan fingerprint density at radius 2 is 1.86 bits per heavy atom. The van der Waals surface area contributed by atoms with Crippen molar-refractivity contribution < 1.29 is 14.0 Å². The summed E-state index contributed by atoms with van der Waals surface area (Å²) < 4.78 is 5.68. The van der Waals surface area contributed by atoms with Gasteiger partial charge in [-0.25, -0.2) is 4.98 Å². The van der Waals surface area contributed by atoms with E-state index in [1.54, 1.807) is 18.3 Å². The summed E-state index contributed by atoms with van der Waals surface area (Å²) in [4.78, 5) is 30.3. The Kier molecular flexibility index (Phi) is 4.37. The number of benzene rings is 1. The Morgan fingerprint density at radius 3 is 2.62 bits per heavy atom. The number of hydrogen-bond donors (Lipinski definition) is 2. The standard InChI is InChI=1S/C22H17N3O3S/c26-20(24-16-7-8-16)18-10-9-17(28-18)13-3-5-15(6-4-13)25-21(27)19-12-14-2-1-11-23-22(14)29-19/h1-6,9-12,16H,7-8H2,(H,24,26)(H,25,27). The SMILES string of the molecule is O=C(NC1CC1)c1ccc(-c2ccc(NC(=O)c3cc4cccnc4s3)cc2)o1. The molecule has 7 heteroatoms. The fraction of sp³-hybridized carbons (Fsp3) is 0.136. The average Bonchev–Trinajstić information content (AvgIpc) is 3.24. The highest BCUT2D eigenvalue weighted by Crippen LogP contribution is 2.27. The number of furan rings is 1. The van der Waals surface area contributed by atoms with Crippen LogP contribution in [0.3, 0.4) is 0 Å². The first kappa shape index (κ1) is 17.6. The predicted octanol–water partition coefficient (Wildman–Crippen LogP) is 4.70. The van der Waals surface area contributed by atoms with Crippen molar-refractivity contribution in [2.24, 2.45) is 0 Å². The molecule has 144 valence electrons. The summed E-state index contributed by atoms with van der Waals surface area (Å²) in [7, 11) is 0. The van der Waals surface area contributed by atoms with Crippen molar-refractivity contribution in [1.29, 1.82) is 0 Å². The van der Waals surface area contributed by atoms with Crippen molar-refractivity contribution in [2.75, 3.05) is 5.32 Å². The Morgan fingerprint density at radius 1 is 1.03 bits per heavy atom. The highest BCUT2D eigenvalue weighted by molar-refractivity contribution is 7.20. The molecule has 1 aromatic carbocycles. The fourth-order valence-electron chi connectivity index (χ4n) is 2.99. The smallest absolute Gasteiger partial charge is 0.287 e. The van der Waals surface area contributed by atoms with Gasteiger partial charge in [-0.3, -0.25) is 9.59 Å². The van der Waals surface area contributed by atoms with Crippen LogP contribution in [-0.4, -0.2) is 22.8 Å². The van der Waals surface area contributed by atoms with Crippen LogP contribution in [0.4, 0.5) is 5.69 Å². The van der Waals surface area contributed by atoms with Crippen molar-refractivity contribution in [2.45, 2.75) is 18.9 Å². The molecule has 0 aliphatic heterocycles. The zero-order valence-corrected chi connectivity index (χ0v) is 16.2. The Labute approximate surface area is 170 Å². The third-order valence-corrected chi connectivity index (χ3v) is 5.74. The second-order valence-electron chi connectivity index (χ2n) is 6.95. The molecule has 1 fully saturated rings. The van der Waals surface area contributed by atoms with Crippen molar-refractivity contribution >= 4 is 39.1 Å². The highest BCUT2D eigenvalue weighted by atomic mass is 32.1. The molecular weight excluding hydrogens is 386 g/mol. The van der Waals surface area contributed by atoms with Gasteiger partial charge in [0.15, 0.2) is 5.76 Å². The monoisotopic (exact) mass is 403 g/mol. The maximum absolute atomic E-state index is 12.5. The van der Waals surface area contributed by atoms with Crippen LogP contribution >= 0.6 is 11.3 Å². The van der Waals surface area contributed by atoms with Gasteiger partial charge >= 0.3 is 0 Å². The zero-order chi connectivity index (χ0) is 19.8. The molecule has 0 spiro atoms. The Balaban J connectivity index is 1.28. The number of thiophene rings is 1. The number of fused-ring (bicyclic) bond motifs is 1. The average molecular weight is 403 g/mol. The first-order valence-corrected chi connectivity index (χ1v) is 10.1. The Hall–Kier alpha value is -3.45. The van der Waals surface area contributed by atoms with Crippen LogP contribution in [-0.2, 0) is 0 Å². The lowest BCUT2D eigenvalue weighted by Crippen LogP contribution is -2.24. The zero-order valence-electron chi connectivity index (χ0n) is 15.3. The number of rotatable bonds is 5. The molecule has 3 aromatic heterocycles. The van der Waals surface area contributed by atoms with Crippen LogP contribution in [0.15, 0.2) is 65.2 Å². The van der Waals surface area contributed by atoms with Gasteiger partial charge in [0.05, 0.1) is 4.88 Å². The molecule has 0 atom stereocenters. The third-order valence-electron chi connectivity index (χ3n) is 4.69. The van der Waals surface area contributed by atoms with Gasteiger partial charge in [0.2, 0.25) is 0 Å². The van der Waals surface area contributed by atoms with Crippen molar-refractivity contribution in [3.8, 4) is 11.3 Å². The molecule has 0 unspecified atom stereocenters. The molecule has 4 aromatic rings. The molecule has 3 heterocycles. The molecule has 2 amide bonds. The van der Waals surface area contributed by atoms with E-state index in [1.807, 2.05) is 42.5 Å². The van der Waals surface area contributed by atoms with E-state index in [-0.39, 0.29) is 17.9 Å². The third kappa shape index (κ3) is 3.77. The number of amides is 2.